The third-order valence-electron chi connectivity index (χ3n) is 5.44. The molecule has 0 bridgehead atoms. The molecule has 4 aromatic rings. The Morgan fingerprint density at radius 2 is 1.70 bits per heavy atom. The predicted octanol–water partition coefficient (Wildman–Crippen LogP) is 1.37. The van der Waals surface area contributed by atoms with E-state index in [-0.39, 0.29) is 23.6 Å². The van der Waals surface area contributed by atoms with Crippen LogP contribution in [-0.2, 0) is 38.5 Å². The van der Waals surface area contributed by atoms with E-state index < -0.39 is 11.2 Å². The lowest BCUT2D eigenvalue weighted by Crippen LogP contribution is -2.38. The number of hydrogen-bond donors (Lipinski definition) is 1. The van der Waals surface area contributed by atoms with Gasteiger partial charge in [-0.2, -0.15) is 0 Å². The summed E-state index contributed by atoms with van der Waals surface area (Å²) >= 11 is 0. The maximum Gasteiger partial charge on any atom is 0.332 e. The maximum atomic E-state index is 12.5. The van der Waals surface area contributed by atoms with Crippen molar-refractivity contribution >= 4 is 17.1 Å². The van der Waals surface area contributed by atoms with Crippen LogP contribution in [0.1, 0.15) is 11.1 Å². The summed E-state index contributed by atoms with van der Waals surface area (Å²) in [7, 11) is 2.94. The predicted molar refractivity (Wildman–Crippen MR) is 124 cm³/mol. The lowest BCUT2D eigenvalue weighted by atomic mass is 10.1. The lowest BCUT2D eigenvalue weighted by molar-refractivity contribution is -0.121. The standard InChI is InChI=1S/C24H25N5O4/c1-27-22-21(23(31)28(2)24(27)32)29(16-26-22)14-20(30)25-13-12-17-8-10-19(11-9-17)33-15-18-6-4-3-5-7-18/h3-11,16H,12-15H2,1-2H3,(H,25,30). The van der Waals surface area contributed by atoms with Crippen molar-refractivity contribution in [3.05, 3.63) is 92.9 Å². The molecule has 0 unspecified atom stereocenters. The average molecular weight is 447 g/mol. The minimum Gasteiger partial charge on any atom is -0.489 e. The zero-order valence-electron chi connectivity index (χ0n) is 18.5. The second-order valence-electron chi connectivity index (χ2n) is 7.77. The van der Waals surface area contributed by atoms with Crippen molar-refractivity contribution in [2.45, 2.75) is 19.6 Å². The minimum atomic E-state index is -0.479. The van der Waals surface area contributed by atoms with Gasteiger partial charge in [-0.3, -0.25) is 18.7 Å². The molecule has 0 aliphatic heterocycles. The molecule has 0 saturated heterocycles. The average Bonchev–Trinajstić information content (AvgIpc) is 3.25. The Morgan fingerprint density at radius 1 is 0.970 bits per heavy atom. The van der Waals surface area contributed by atoms with Gasteiger partial charge in [0, 0.05) is 20.6 Å². The van der Waals surface area contributed by atoms with Gasteiger partial charge in [-0.25, -0.2) is 9.78 Å². The molecule has 0 radical (unpaired) electrons. The number of hydrogen-bond acceptors (Lipinski definition) is 5. The second-order valence-corrected chi connectivity index (χ2v) is 7.77. The van der Waals surface area contributed by atoms with Crippen LogP contribution in [0.3, 0.4) is 0 Å². The van der Waals surface area contributed by atoms with Gasteiger partial charge in [-0.05, 0) is 29.7 Å². The summed E-state index contributed by atoms with van der Waals surface area (Å²) in [6.07, 6.45) is 2.06. The number of fused-ring (bicyclic) bond motifs is 1. The van der Waals surface area contributed by atoms with Gasteiger partial charge in [0.25, 0.3) is 5.56 Å². The van der Waals surface area contributed by atoms with E-state index in [1.54, 1.807) is 7.05 Å². The quantitative estimate of drug-likeness (QED) is 0.440. The summed E-state index contributed by atoms with van der Waals surface area (Å²) in [6.45, 7) is 0.902. The molecule has 1 N–H and O–H groups in total. The van der Waals surface area contributed by atoms with Gasteiger partial charge in [0.15, 0.2) is 11.2 Å². The van der Waals surface area contributed by atoms with Gasteiger partial charge in [-0.1, -0.05) is 42.5 Å². The Kier molecular flexibility index (Phi) is 6.39. The number of amides is 1. The molecule has 9 heteroatoms. The first-order valence-electron chi connectivity index (χ1n) is 10.6. The molecule has 0 fully saturated rings. The van der Waals surface area contributed by atoms with Crippen LogP contribution in [0.5, 0.6) is 5.75 Å². The highest BCUT2D eigenvalue weighted by Gasteiger charge is 2.15. The van der Waals surface area contributed by atoms with Gasteiger partial charge >= 0.3 is 5.69 Å². The summed E-state index contributed by atoms with van der Waals surface area (Å²) in [4.78, 5) is 41.0. The van der Waals surface area contributed by atoms with Gasteiger partial charge in [0.1, 0.15) is 18.9 Å². The molecule has 9 nitrogen and oxygen atoms in total. The van der Waals surface area contributed by atoms with Crippen LogP contribution >= 0.6 is 0 Å². The SMILES string of the molecule is Cn1c(=O)c2c(ncn2CC(=O)NCCc2ccc(OCc3ccccc3)cc2)n(C)c1=O. The first-order chi connectivity index (χ1) is 15.9. The number of ether oxygens (including phenoxy) is 1. The molecule has 2 aromatic carbocycles. The van der Waals surface area contributed by atoms with Crippen LogP contribution in [0, 0.1) is 0 Å². The molecular formula is C24H25N5O4. The molecule has 0 spiro atoms. The number of nitrogens with one attached hydrogen (secondary N) is 1. The largest absolute Gasteiger partial charge is 0.489 e. The highest BCUT2D eigenvalue weighted by Crippen LogP contribution is 2.14. The lowest BCUT2D eigenvalue weighted by Gasteiger charge is -2.09. The number of benzene rings is 2. The molecular weight excluding hydrogens is 422 g/mol. The minimum absolute atomic E-state index is 0.0593. The topological polar surface area (TPSA) is 100 Å². The number of aryl methyl sites for hydroxylation is 1. The van der Waals surface area contributed by atoms with Crippen LogP contribution in [0.25, 0.3) is 11.2 Å². The molecule has 170 valence electrons. The normalized spacial score (nSPS) is 11.0. The Bertz CT molecular complexity index is 1380. The fraction of sp³-hybridized carbons (Fsp3) is 0.250. The van der Waals surface area contributed by atoms with E-state index in [0.29, 0.717) is 19.6 Å². The van der Waals surface area contributed by atoms with Gasteiger partial charge < -0.3 is 14.6 Å². The van der Waals surface area contributed by atoms with Crippen LogP contribution in [0.15, 0.2) is 70.5 Å². The summed E-state index contributed by atoms with van der Waals surface area (Å²) < 4.78 is 9.55. The zero-order valence-corrected chi connectivity index (χ0v) is 18.5. The first kappa shape index (κ1) is 22.1. The Hall–Kier alpha value is -4.14. The number of nitrogens with zero attached hydrogens (tertiary/aromatic N) is 4. The Morgan fingerprint density at radius 3 is 2.42 bits per heavy atom. The van der Waals surface area contributed by atoms with E-state index in [1.165, 1.54) is 22.5 Å². The third-order valence-corrected chi connectivity index (χ3v) is 5.44. The summed E-state index contributed by atoms with van der Waals surface area (Å²) in [6, 6.07) is 17.7. The van der Waals surface area contributed by atoms with E-state index in [0.717, 1.165) is 21.4 Å². The zero-order chi connectivity index (χ0) is 23.4. The van der Waals surface area contributed by atoms with Crippen molar-refractivity contribution in [1.82, 2.24) is 24.0 Å². The second kappa shape index (κ2) is 9.56. The smallest absolute Gasteiger partial charge is 0.332 e. The number of imidazole rings is 1. The maximum absolute atomic E-state index is 12.5. The van der Waals surface area contributed by atoms with Crippen LogP contribution < -0.4 is 21.3 Å². The highest BCUT2D eigenvalue weighted by atomic mass is 16.5. The molecule has 4 rings (SSSR count). The van der Waals surface area contributed by atoms with E-state index in [1.807, 2.05) is 54.6 Å². The van der Waals surface area contributed by atoms with Crippen LogP contribution in [0.4, 0.5) is 0 Å². The monoisotopic (exact) mass is 447 g/mol. The van der Waals surface area contributed by atoms with Crippen molar-refractivity contribution in [2.24, 2.45) is 14.1 Å². The van der Waals surface area contributed by atoms with E-state index >= 15 is 0 Å². The van der Waals surface area contributed by atoms with E-state index in [2.05, 4.69) is 10.3 Å². The van der Waals surface area contributed by atoms with Crippen LogP contribution in [0.2, 0.25) is 0 Å². The van der Waals surface area contributed by atoms with Crippen molar-refractivity contribution < 1.29 is 9.53 Å². The van der Waals surface area contributed by atoms with Gasteiger partial charge in [0.05, 0.1) is 6.33 Å². The van der Waals surface area contributed by atoms with Crippen LogP contribution in [-0.4, -0.2) is 31.1 Å². The van der Waals surface area contributed by atoms with Crippen molar-refractivity contribution in [3.8, 4) is 5.75 Å². The van der Waals surface area contributed by atoms with E-state index in [4.69, 9.17) is 4.74 Å². The third kappa shape index (κ3) is 4.87. The number of aromatic nitrogens is 4. The Labute approximate surface area is 189 Å². The summed E-state index contributed by atoms with van der Waals surface area (Å²) in [5.74, 6) is 0.544. The number of carbonyl (C=O) groups is 1. The molecule has 33 heavy (non-hydrogen) atoms. The first-order valence-corrected chi connectivity index (χ1v) is 10.6. The van der Waals surface area contributed by atoms with Crippen molar-refractivity contribution in [2.75, 3.05) is 6.54 Å². The Balaban J connectivity index is 1.30. The number of rotatable bonds is 8. The van der Waals surface area contributed by atoms with Gasteiger partial charge in [0.2, 0.25) is 5.91 Å². The fourth-order valence-corrected chi connectivity index (χ4v) is 3.57. The summed E-state index contributed by atoms with van der Waals surface area (Å²) in [5.41, 5.74) is 1.72. The molecule has 2 aromatic heterocycles. The van der Waals surface area contributed by atoms with Crippen molar-refractivity contribution in [3.63, 3.8) is 0 Å². The molecule has 1 amide bonds. The molecule has 2 heterocycles. The molecule has 0 aliphatic carbocycles. The molecule has 0 atom stereocenters. The van der Waals surface area contributed by atoms with Crippen molar-refractivity contribution in [1.29, 1.82) is 0 Å². The molecule has 0 aliphatic rings. The van der Waals surface area contributed by atoms with Gasteiger partial charge in [-0.15, -0.1) is 0 Å². The van der Waals surface area contributed by atoms with E-state index in [9.17, 15) is 14.4 Å². The fourth-order valence-electron chi connectivity index (χ4n) is 3.57. The molecule has 0 saturated carbocycles. The summed E-state index contributed by atoms with van der Waals surface area (Å²) in [5, 5.41) is 2.86. The highest BCUT2D eigenvalue weighted by molar-refractivity contribution is 5.78. The number of carbonyl (C=O) groups excluding carboxylic acids is 1.